The molecule has 0 radical (unpaired) electrons. The van der Waals surface area contributed by atoms with E-state index in [-0.39, 0.29) is 34.4 Å². The maximum atomic E-state index is 15.1. The number of carbonyl (C=O) groups excluding carboxylic acids is 2. The summed E-state index contributed by atoms with van der Waals surface area (Å²) in [5.74, 6) is -2.54. The van der Waals surface area contributed by atoms with Crippen molar-refractivity contribution < 1.29 is 40.3 Å². The quantitative estimate of drug-likeness (QED) is 0.282. The lowest BCUT2D eigenvalue weighted by molar-refractivity contribution is -0.122. The Kier molecular flexibility index (Phi) is 8.72. The first-order valence-corrected chi connectivity index (χ1v) is 15.5. The average Bonchev–Trinajstić information content (AvgIpc) is 3.59. The fourth-order valence-corrected chi connectivity index (χ4v) is 7.15. The van der Waals surface area contributed by atoms with Crippen molar-refractivity contribution in [2.24, 2.45) is 23.5 Å². The number of rotatable bonds is 9. The molecule has 2 aliphatic carbocycles. The van der Waals surface area contributed by atoms with Crippen molar-refractivity contribution in [3.63, 3.8) is 0 Å². The van der Waals surface area contributed by atoms with Crippen LogP contribution < -0.4 is 21.1 Å². The van der Waals surface area contributed by atoms with Gasteiger partial charge in [-0.2, -0.15) is 13.2 Å². The zero-order chi connectivity index (χ0) is 31.8. The molecule has 0 unspecified atom stereocenters. The molecule has 44 heavy (non-hydrogen) atoms. The number of hydrogen-bond donors (Lipinski definition) is 3. The Morgan fingerprint density at radius 2 is 1.73 bits per heavy atom. The topological polar surface area (TPSA) is 128 Å². The van der Waals surface area contributed by atoms with Crippen molar-refractivity contribution in [2.45, 2.75) is 42.1 Å². The number of alkyl halides is 3. The van der Waals surface area contributed by atoms with E-state index >= 15 is 4.39 Å². The molecule has 234 valence electrons. The van der Waals surface area contributed by atoms with Crippen LogP contribution >= 0.6 is 0 Å². The Bertz CT molecular complexity index is 1680. The molecule has 2 fully saturated rings. The average molecular weight is 634 g/mol. The van der Waals surface area contributed by atoms with Gasteiger partial charge in [-0.3, -0.25) is 9.59 Å². The van der Waals surface area contributed by atoms with Crippen LogP contribution in [0.3, 0.4) is 0 Å². The molecule has 2 bridgehead atoms. The molecule has 0 aliphatic heterocycles. The van der Waals surface area contributed by atoms with E-state index in [1.807, 2.05) is 12.1 Å². The van der Waals surface area contributed by atoms with Crippen molar-refractivity contribution in [3.8, 4) is 16.9 Å². The molecule has 2 amide bonds. The number of benzene rings is 3. The van der Waals surface area contributed by atoms with Gasteiger partial charge in [0.1, 0.15) is 11.6 Å². The summed E-state index contributed by atoms with van der Waals surface area (Å²) in [4.78, 5) is 26.1. The Labute approximate surface area is 251 Å². The van der Waals surface area contributed by atoms with Crippen LogP contribution in [0.25, 0.3) is 11.1 Å². The van der Waals surface area contributed by atoms with Crippen LogP contribution in [0.15, 0.2) is 65.6 Å². The van der Waals surface area contributed by atoms with Gasteiger partial charge < -0.3 is 21.1 Å². The lowest BCUT2D eigenvalue weighted by Crippen LogP contribution is -2.48. The van der Waals surface area contributed by atoms with Crippen LogP contribution in [0.4, 0.5) is 23.2 Å². The van der Waals surface area contributed by atoms with E-state index in [1.54, 1.807) is 12.1 Å². The second-order valence-corrected chi connectivity index (χ2v) is 13.0. The molecule has 0 saturated heterocycles. The number of fused-ring (bicyclic) bond motifs is 2. The number of anilines is 1. The number of nitrogens with one attached hydrogen (secondary N) is 2. The smallest absolute Gasteiger partial charge is 0.496 e. The lowest BCUT2D eigenvalue weighted by Gasteiger charge is -2.31. The molecule has 4 N–H and O–H groups in total. The molecular weight excluding hydrogens is 602 g/mol. The lowest BCUT2D eigenvalue weighted by atomic mass is 9.83. The van der Waals surface area contributed by atoms with Crippen LogP contribution in [0, 0.1) is 23.6 Å². The van der Waals surface area contributed by atoms with Gasteiger partial charge in [-0.1, -0.05) is 30.3 Å². The second kappa shape index (κ2) is 12.2. The van der Waals surface area contributed by atoms with E-state index in [2.05, 4.69) is 10.6 Å². The minimum Gasteiger partial charge on any atom is -0.496 e. The van der Waals surface area contributed by atoms with E-state index in [0.717, 1.165) is 42.7 Å². The summed E-state index contributed by atoms with van der Waals surface area (Å²) in [5, 5.41) is 5.48. The largest absolute Gasteiger partial charge is 0.501 e. The molecule has 0 heterocycles. The normalized spacial score (nSPS) is 21.2. The van der Waals surface area contributed by atoms with Gasteiger partial charge in [0, 0.05) is 23.4 Å². The fraction of sp³-hybridized carbons (Fsp3) is 0.355. The molecule has 0 spiro atoms. The molecule has 2 aliphatic rings. The van der Waals surface area contributed by atoms with E-state index in [4.69, 9.17) is 10.5 Å². The summed E-state index contributed by atoms with van der Waals surface area (Å²) in [6, 6.07) is 13.0. The van der Waals surface area contributed by atoms with Crippen molar-refractivity contribution in [1.29, 1.82) is 0 Å². The van der Waals surface area contributed by atoms with Crippen molar-refractivity contribution in [3.05, 3.63) is 77.6 Å². The maximum absolute atomic E-state index is 15.1. The molecule has 4 atom stereocenters. The number of ether oxygens (including phenoxy) is 1. The van der Waals surface area contributed by atoms with E-state index < -0.39 is 49.8 Å². The Hall–Kier alpha value is -3.97. The van der Waals surface area contributed by atoms with Crippen LogP contribution in [0.2, 0.25) is 0 Å². The molecular formula is C31H31F4N3O5S. The zero-order valence-electron chi connectivity index (χ0n) is 23.7. The second-order valence-electron chi connectivity index (χ2n) is 11.1. The third-order valence-corrected chi connectivity index (χ3v) is 9.95. The zero-order valence-corrected chi connectivity index (χ0v) is 24.5. The molecule has 3 aromatic rings. The van der Waals surface area contributed by atoms with Gasteiger partial charge in [-0.25, -0.2) is 12.8 Å². The number of halogens is 4. The number of amides is 2. The number of methoxy groups -OCH3 is 1. The van der Waals surface area contributed by atoms with Gasteiger partial charge in [-0.15, -0.1) is 0 Å². The number of nitrogens with two attached hydrogens (primary N) is 1. The van der Waals surface area contributed by atoms with Gasteiger partial charge in [0.05, 0.1) is 23.5 Å². The minimum atomic E-state index is -5.61. The highest BCUT2D eigenvalue weighted by atomic mass is 32.2. The predicted octanol–water partition coefficient (Wildman–Crippen LogP) is 5.08. The third-order valence-electron chi connectivity index (χ3n) is 8.47. The number of hydrogen-bond acceptors (Lipinski definition) is 6. The van der Waals surface area contributed by atoms with Crippen LogP contribution in [-0.4, -0.2) is 45.4 Å². The maximum Gasteiger partial charge on any atom is 0.501 e. The minimum absolute atomic E-state index is 0.00958. The molecule has 2 saturated carbocycles. The highest BCUT2D eigenvalue weighted by Gasteiger charge is 2.52. The van der Waals surface area contributed by atoms with Crippen molar-refractivity contribution in [1.82, 2.24) is 5.32 Å². The first-order valence-electron chi connectivity index (χ1n) is 14.0. The molecule has 3 aromatic carbocycles. The highest BCUT2D eigenvalue weighted by molar-refractivity contribution is 7.92. The Balaban J connectivity index is 1.38. The monoisotopic (exact) mass is 633 g/mol. The van der Waals surface area contributed by atoms with Gasteiger partial charge in [0.2, 0.25) is 5.91 Å². The first-order chi connectivity index (χ1) is 20.8. The Morgan fingerprint density at radius 1 is 1.02 bits per heavy atom. The van der Waals surface area contributed by atoms with Gasteiger partial charge >= 0.3 is 5.51 Å². The van der Waals surface area contributed by atoms with Crippen molar-refractivity contribution >= 4 is 27.3 Å². The van der Waals surface area contributed by atoms with Crippen molar-refractivity contribution in [2.75, 3.05) is 19.0 Å². The number of sulfone groups is 1. The van der Waals surface area contributed by atoms with Crippen LogP contribution in [0.1, 0.15) is 35.2 Å². The van der Waals surface area contributed by atoms with E-state index in [9.17, 15) is 31.2 Å². The van der Waals surface area contributed by atoms with Crippen LogP contribution in [-0.2, 0) is 21.1 Å². The Morgan fingerprint density at radius 3 is 2.39 bits per heavy atom. The summed E-state index contributed by atoms with van der Waals surface area (Å²) in [7, 11) is -4.30. The summed E-state index contributed by atoms with van der Waals surface area (Å²) in [6.45, 7) is 0.467. The highest BCUT2D eigenvalue weighted by Crippen LogP contribution is 2.49. The number of carbonyl (C=O) groups is 2. The van der Waals surface area contributed by atoms with E-state index in [1.165, 1.54) is 19.2 Å². The molecule has 0 aromatic heterocycles. The standard InChI is InChI=1S/C31H31F4N3O5S/c1-43-26-16-25(32)23(18-7-5-17(6-8-18)11-12-36)15-24(26)29(39)38-28-20-10-9-19(13-20)27(28)30(40)37-21-3-2-4-22(14-21)44(41,42)31(33,34)35/h2-8,14-16,19-20,27-28H,9-13,36H2,1H3,(H,37,40)(H,38,39)/t19-,20+,27+,28-/m1/s1. The summed E-state index contributed by atoms with van der Waals surface area (Å²) in [5.41, 5.74) is 1.79. The first kappa shape index (κ1) is 31.5. The summed E-state index contributed by atoms with van der Waals surface area (Å²) in [6.07, 6.45) is 2.81. The molecule has 8 nitrogen and oxygen atoms in total. The predicted molar refractivity (Wildman–Crippen MR) is 155 cm³/mol. The van der Waals surface area contributed by atoms with E-state index in [0.29, 0.717) is 24.9 Å². The molecule has 13 heteroatoms. The fourth-order valence-electron chi connectivity index (χ4n) is 6.35. The molecule has 5 rings (SSSR count). The van der Waals surface area contributed by atoms with Crippen LogP contribution in [0.5, 0.6) is 5.75 Å². The summed E-state index contributed by atoms with van der Waals surface area (Å²) < 4.78 is 83.3. The SMILES string of the molecule is COc1cc(F)c(-c2ccc(CCN)cc2)cc1C(=O)N[C@@H]1[C@H]2CC[C@H](C2)[C@@H]1C(=O)Nc1cccc(S(=O)(=O)C(F)(F)F)c1. The third kappa shape index (κ3) is 6.03. The van der Waals surface area contributed by atoms with Gasteiger partial charge in [0.15, 0.2) is 0 Å². The van der Waals surface area contributed by atoms with Gasteiger partial charge in [0.25, 0.3) is 15.7 Å². The van der Waals surface area contributed by atoms with Gasteiger partial charge in [-0.05, 0) is 79.5 Å². The summed E-state index contributed by atoms with van der Waals surface area (Å²) >= 11 is 0.